The predicted molar refractivity (Wildman–Crippen MR) is 55.8 cm³/mol. The zero-order valence-electron chi connectivity index (χ0n) is 8.21. The fourth-order valence-corrected chi connectivity index (χ4v) is 1.20. The van der Waals surface area contributed by atoms with E-state index in [4.69, 9.17) is 21.4 Å². The van der Waals surface area contributed by atoms with Crippen molar-refractivity contribution in [3.8, 4) is 5.75 Å². The maximum absolute atomic E-state index is 10.5. The Kier molecular flexibility index (Phi) is 3.68. The topological polar surface area (TPSA) is 89.7 Å². The van der Waals surface area contributed by atoms with Gasteiger partial charge >= 0.3 is 5.97 Å². The van der Waals surface area contributed by atoms with Crippen LogP contribution in [0.2, 0.25) is 5.02 Å². The number of carboxylic acids is 1. The fourth-order valence-electron chi connectivity index (χ4n) is 0.964. The summed E-state index contributed by atoms with van der Waals surface area (Å²) in [6.07, 6.45) is -1.04. The van der Waals surface area contributed by atoms with Gasteiger partial charge in [0, 0.05) is 12.1 Å². The van der Waals surface area contributed by atoms with Gasteiger partial charge in [0.15, 0.2) is 6.10 Å². The Bertz CT molecular complexity index is 434. The van der Waals surface area contributed by atoms with Crippen molar-refractivity contribution in [3.05, 3.63) is 33.3 Å². The largest absolute Gasteiger partial charge is 0.479 e. The zero-order valence-corrected chi connectivity index (χ0v) is 8.97. The molecule has 0 spiro atoms. The van der Waals surface area contributed by atoms with Gasteiger partial charge in [-0.05, 0) is 13.0 Å². The molecule has 0 aliphatic heterocycles. The first-order chi connectivity index (χ1) is 7.41. The fraction of sp³-hybridized carbons (Fsp3) is 0.222. The smallest absolute Gasteiger partial charge is 0.344 e. The van der Waals surface area contributed by atoms with Crippen molar-refractivity contribution >= 4 is 23.3 Å². The second-order valence-corrected chi connectivity index (χ2v) is 3.38. The molecule has 0 heterocycles. The molecule has 0 aromatic heterocycles. The molecule has 1 rings (SSSR count). The van der Waals surface area contributed by atoms with Crippen molar-refractivity contribution in [1.29, 1.82) is 0 Å². The van der Waals surface area contributed by atoms with E-state index >= 15 is 0 Å². The third-order valence-corrected chi connectivity index (χ3v) is 2.08. The molecule has 1 N–H and O–H groups in total. The minimum Gasteiger partial charge on any atom is -0.479 e. The highest BCUT2D eigenvalue weighted by atomic mass is 35.5. The Balaban J connectivity index is 2.89. The second-order valence-electron chi connectivity index (χ2n) is 2.97. The molecule has 0 bridgehead atoms. The average Bonchev–Trinajstić information content (AvgIpc) is 2.16. The lowest BCUT2D eigenvalue weighted by molar-refractivity contribution is -0.384. The summed E-state index contributed by atoms with van der Waals surface area (Å²) in [6.45, 7) is 1.34. The molecule has 1 aromatic carbocycles. The van der Waals surface area contributed by atoms with Crippen LogP contribution in [-0.2, 0) is 4.79 Å². The molecule has 0 radical (unpaired) electrons. The van der Waals surface area contributed by atoms with Crippen LogP contribution < -0.4 is 4.74 Å². The molecule has 0 amide bonds. The molecule has 0 aliphatic carbocycles. The minimum atomic E-state index is -1.13. The number of halogens is 1. The summed E-state index contributed by atoms with van der Waals surface area (Å²) >= 11 is 5.62. The second kappa shape index (κ2) is 4.80. The number of nitro benzene ring substituents is 1. The van der Waals surface area contributed by atoms with Crippen molar-refractivity contribution in [2.75, 3.05) is 0 Å². The van der Waals surface area contributed by atoms with Crippen LogP contribution in [0.4, 0.5) is 5.69 Å². The van der Waals surface area contributed by atoms with Gasteiger partial charge in [-0.3, -0.25) is 10.1 Å². The quantitative estimate of drug-likeness (QED) is 0.648. The first kappa shape index (κ1) is 12.3. The lowest BCUT2D eigenvalue weighted by Gasteiger charge is -2.10. The summed E-state index contributed by atoms with van der Waals surface area (Å²) in [6, 6.07) is 3.66. The van der Waals surface area contributed by atoms with Crippen LogP contribution in [-0.4, -0.2) is 22.1 Å². The number of ether oxygens (including phenoxy) is 1. The number of hydrogen-bond acceptors (Lipinski definition) is 4. The Hall–Kier alpha value is -1.82. The molecule has 7 heteroatoms. The number of nitro groups is 1. The Morgan fingerprint density at radius 1 is 1.62 bits per heavy atom. The monoisotopic (exact) mass is 245 g/mol. The van der Waals surface area contributed by atoms with Gasteiger partial charge in [0.25, 0.3) is 5.69 Å². The van der Waals surface area contributed by atoms with Crippen molar-refractivity contribution in [2.24, 2.45) is 0 Å². The van der Waals surface area contributed by atoms with Gasteiger partial charge in [0.05, 0.1) is 4.92 Å². The summed E-state index contributed by atoms with van der Waals surface area (Å²) in [5.74, 6) is -0.958. The first-order valence-electron chi connectivity index (χ1n) is 4.25. The van der Waals surface area contributed by atoms with Crippen molar-refractivity contribution < 1.29 is 19.6 Å². The van der Waals surface area contributed by atoms with E-state index in [0.29, 0.717) is 0 Å². The first-order valence-corrected chi connectivity index (χ1v) is 4.63. The van der Waals surface area contributed by atoms with E-state index < -0.39 is 17.0 Å². The van der Waals surface area contributed by atoms with Crippen LogP contribution in [0.1, 0.15) is 6.92 Å². The van der Waals surface area contributed by atoms with Crippen LogP contribution in [0.3, 0.4) is 0 Å². The lowest BCUT2D eigenvalue weighted by Crippen LogP contribution is -2.22. The SMILES string of the molecule is CC(Oc1ccc([N+](=O)[O-])c(Cl)c1)C(=O)O. The number of hydrogen-bond donors (Lipinski definition) is 1. The minimum absolute atomic E-state index is 0.0971. The van der Waals surface area contributed by atoms with Crippen LogP contribution in [0.25, 0.3) is 0 Å². The standard InChI is InChI=1S/C9H8ClNO5/c1-5(9(12)13)16-6-2-3-8(11(14)15)7(10)4-6/h2-5H,1H3,(H,12,13). The van der Waals surface area contributed by atoms with Crippen LogP contribution >= 0.6 is 11.6 Å². The highest BCUT2D eigenvalue weighted by Crippen LogP contribution is 2.28. The molecule has 1 unspecified atom stereocenters. The molecule has 1 aromatic rings. The van der Waals surface area contributed by atoms with E-state index in [0.717, 1.165) is 6.07 Å². The molecule has 86 valence electrons. The van der Waals surface area contributed by atoms with Crippen molar-refractivity contribution in [2.45, 2.75) is 13.0 Å². The molecular weight excluding hydrogens is 238 g/mol. The van der Waals surface area contributed by atoms with Crippen LogP contribution in [0, 0.1) is 10.1 Å². The number of nitrogens with zero attached hydrogens (tertiary/aromatic N) is 1. The third kappa shape index (κ3) is 2.83. The van der Waals surface area contributed by atoms with Crippen LogP contribution in [0.15, 0.2) is 18.2 Å². The summed E-state index contributed by atoms with van der Waals surface area (Å²) < 4.78 is 4.98. The number of carboxylic acid groups (broad SMARTS) is 1. The van der Waals surface area contributed by atoms with E-state index in [1.807, 2.05) is 0 Å². The molecule has 16 heavy (non-hydrogen) atoms. The van der Waals surface area contributed by atoms with Gasteiger partial charge in [0.1, 0.15) is 10.8 Å². The summed E-state index contributed by atoms with van der Waals surface area (Å²) in [4.78, 5) is 20.3. The predicted octanol–water partition coefficient (Wildman–Crippen LogP) is 2.10. The Morgan fingerprint density at radius 3 is 2.69 bits per heavy atom. The Morgan fingerprint density at radius 2 is 2.25 bits per heavy atom. The van der Waals surface area contributed by atoms with Gasteiger partial charge in [-0.25, -0.2) is 4.79 Å². The van der Waals surface area contributed by atoms with E-state index in [1.54, 1.807) is 0 Å². The number of benzene rings is 1. The summed E-state index contributed by atoms with van der Waals surface area (Å²) in [7, 11) is 0. The van der Waals surface area contributed by atoms with Gasteiger partial charge in [-0.15, -0.1) is 0 Å². The number of carbonyl (C=O) groups is 1. The Labute approximate surface area is 95.6 Å². The maximum Gasteiger partial charge on any atom is 0.344 e. The molecular formula is C9H8ClNO5. The highest BCUT2D eigenvalue weighted by Gasteiger charge is 2.16. The van der Waals surface area contributed by atoms with Gasteiger partial charge in [0.2, 0.25) is 0 Å². The zero-order chi connectivity index (χ0) is 12.3. The van der Waals surface area contributed by atoms with Crippen molar-refractivity contribution in [3.63, 3.8) is 0 Å². The molecule has 1 atom stereocenters. The molecule has 0 fully saturated rings. The number of rotatable bonds is 4. The summed E-state index contributed by atoms with van der Waals surface area (Å²) in [5, 5.41) is 18.9. The average molecular weight is 246 g/mol. The molecule has 6 nitrogen and oxygen atoms in total. The highest BCUT2D eigenvalue weighted by molar-refractivity contribution is 6.32. The molecule has 0 saturated carbocycles. The molecule has 0 aliphatic rings. The maximum atomic E-state index is 10.5. The normalized spacial score (nSPS) is 11.9. The van der Waals surface area contributed by atoms with Crippen molar-refractivity contribution in [1.82, 2.24) is 0 Å². The van der Waals surface area contributed by atoms with Crippen LogP contribution in [0.5, 0.6) is 5.75 Å². The third-order valence-electron chi connectivity index (χ3n) is 1.78. The molecule has 0 saturated heterocycles. The van der Waals surface area contributed by atoms with E-state index in [9.17, 15) is 14.9 Å². The summed E-state index contributed by atoms with van der Waals surface area (Å²) in [5.41, 5.74) is -0.253. The van der Waals surface area contributed by atoms with E-state index in [-0.39, 0.29) is 16.5 Å². The van der Waals surface area contributed by atoms with E-state index in [1.165, 1.54) is 19.1 Å². The van der Waals surface area contributed by atoms with Gasteiger partial charge in [-0.1, -0.05) is 11.6 Å². The van der Waals surface area contributed by atoms with Gasteiger partial charge < -0.3 is 9.84 Å². The lowest BCUT2D eigenvalue weighted by atomic mass is 10.3. The van der Waals surface area contributed by atoms with E-state index in [2.05, 4.69) is 0 Å². The van der Waals surface area contributed by atoms with Gasteiger partial charge in [-0.2, -0.15) is 0 Å². The number of aliphatic carboxylic acids is 1.